The Hall–Kier alpha value is -3.45. The number of aryl methyl sites for hydroxylation is 1. The third kappa shape index (κ3) is 4.22. The van der Waals surface area contributed by atoms with Crippen LogP contribution in [0.4, 0.5) is 5.82 Å². The SMILES string of the molecule is CC(C)(C(=O)NC1CCc2ccccc21)n1cnc(NC(=O)[C@@H](N)c2ccccc2)c1. The lowest BCUT2D eigenvalue weighted by molar-refractivity contribution is -0.129. The van der Waals surface area contributed by atoms with Crippen molar-refractivity contribution in [2.75, 3.05) is 5.32 Å². The van der Waals surface area contributed by atoms with Crippen LogP contribution in [0, 0.1) is 0 Å². The summed E-state index contributed by atoms with van der Waals surface area (Å²) in [5.41, 5.74) is 8.35. The van der Waals surface area contributed by atoms with Crippen molar-refractivity contribution >= 4 is 17.6 Å². The van der Waals surface area contributed by atoms with Gasteiger partial charge in [0.25, 0.3) is 0 Å². The van der Waals surface area contributed by atoms with Gasteiger partial charge in [-0.25, -0.2) is 4.98 Å². The lowest BCUT2D eigenvalue weighted by Gasteiger charge is -2.27. The zero-order valence-corrected chi connectivity index (χ0v) is 17.7. The average molecular weight is 418 g/mol. The third-order valence-corrected chi connectivity index (χ3v) is 5.91. The fraction of sp³-hybridized carbons (Fsp3) is 0.292. The van der Waals surface area contributed by atoms with Gasteiger partial charge in [0, 0.05) is 6.20 Å². The Morgan fingerprint density at radius 3 is 2.61 bits per heavy atom. The summed E-state index contributed by atoms with van der Waals surface area (Å²) in [6.45, 7) is 3.65. The zero-order valence-electron chi connectivity index (χ0n) is 17.7. The Labute approximate surface area is 181 Å². The summed E-state index contributed by atoms with van der Waals surface area (Å²) >= 11 is 0. The van der Waals surface area contributed by atoms with Crippen molar-refractivity contribution in [1.82, 2.24) is 14.9 Å². The van der Waals surface area contributed by atoms with Gasteiger partial charge in [-0.05, 0) is 43.4 Å². The molecule has 0 spiro atoms. The van der Waals surface area contributed by atoms with Crippen molar-refractivity contribution in [3.05, 3.63) is 83.8 Å². The summed E-state index contributed by atoms with van der Waals surface area (Å²) < 4.78 is 1.70. The van der Waals surface area contributed by atoms with E-state index in [9.17, 15) is 9.59 Å². The fourth-order valence-corrected chi connectivity index (χ4v) is 3.87. The molecule has 7 heteroatoms. The Morgan fingerprint density at radius 2 is 1.84 bits per heavy atom. The van der Waals surface area contributed by atoms with Gasteiger partial charge in [-0.2, -0.15) is 0 Å². The van der Waals surface area contributed by atoms with Crippen LogP contribution in [0.2, 0.25) is 0 Å². The Kier molecular flexibility index (Phi) is 5.61. The van der Waals surface area contributed by atoms with E-state index in [4.69, 9.17) is 5.73 Å². The molecule has 0 saturated heterocycles. The Morgan fingerprint density at radius 1 is 1.13 bits per heavy atom. The summed E-state index contributed by atoms with van der Waals surface area (Å²) in [7, 11) is 0. The van der Waals surface area contributed by atoms with Gasteiger partial charge in [0.2, 0.25) is 11.8 Å². The van der Waals surface area contributed by atoms with Gasteiger partial charge in [0.1, 0.15) is 11.6 Å². The van der Waals surface area contributed by atoms with Gasteiger partial charge in [-0.1, -0.05) is 54.6 Å². The second-order valence-electron chi connectivity index (χ2n) is 8.37. The van der Waals surface area contributed by atoms with Crippen molar-refractivity contribution < 1.29 is 9.59 Å². The number of carbonyl (C=O) groups is 2. The van der Waals surface area contributed by atoms with Crippen LogP contribution in [0.1, 0.15) is 49.0 Å². The first-order valence-corrected chi connectivity index (χ1v) is 10.4. The second-order valence-corrected chi connectivity index (χ2v) is 8.37. The molecule has 0 saturated carbocycles. The molecule has 1 aliphatic rings. The molecule has 1 aromatic heterocycles. The highest BCUT2D eigenvalue weighted by Gasteiger charge is 2.33. The third-order valence-electron chi connectivity index (χ3n) is 5.91. The van der Waals surface area contributed by atoms with E-state index in [0.717, 1.165) is 18.4 Å². The summed E-state index contributed by atoms with van der Waals surface area (Å²) in [6, 6.07) is 16.6. The molecule has 31 heavy (non-hydrogen) atoms. The predicted molar refractivity (Wildman–Crippen MR) is 119 cm³/mol. The number of carbonyl (C=O) groups excluding carboxylic acids is 2. The number of fused-ring (bicyclic) bond motifs is 1. The fourth-order valence-electron chi connectivity index (χ4n) is 3.87. The summed E-state index contributed by atoms with van der Waals surface area (Å²) in [6.07, 6.45) is 5.05. The van der Waals surface area contributed by atoms with Crippen LogP contribution in [-0.4, -0.2) is 21.4 Å². The Balaban J connectivity index is 1.42. The number of hydrogen-bond acceptors (Lipinski definition) is 4. The monoisotopic (exact) mass is 417 g/mol. The molecule has 0 radical (unpaired) electrons. The number of nitrogens with zero attached hydrogens (tertiary/aromatic N) is 2. The first kappa shape index (κ1) is 20.8. The van der Waals surface area contributed by atoms with E-state index in [0.29, 0.717) is 5.82 Å². The number of benzene rings is 2. The zero-order chi connectivity index (χ0) is 22.0. The lowest BCUT2D eigenvalue weighted by Crippen LogP contribution is -2.45. The number of anilines is 1. The van der Waals surface area contributed by atoms with Gasteiger partial charge >= 0.3 is 0 Å². The van der Waals surface area contributed by atoms with Gasteiger partial charge in [-0.15, -0.1) is 0 Å². The molecule has 4 N–H and O–H groups in total. The van der Waals surface area contributed by atoms with Crippen molar-refractivity contribution in [1.29, 1.82) is 0 Å². The molecule has 1 aliphatic carbocycles. The molecule has 1 unspecified atom stereocenters. The molecule has 4 rings (SSSR count). The van der Waals surface area contributed by atoms with Gasteiger partial charge < -0.3 is 20.9 Å². The molecule has 2 amide bonds. The minimum atomic E-state index is -0.880. The standard InChI is InChI=1S/C24H27N5O2/c1-24(2,23(31)27-19-13-12-16-8-6-7-11-18(16)19)29-14-20(26-15-29)28-22(30)21(25)17-9-4-3-5-10-17/h3-11,14-15,19,21H,12-13,25H2,1-2H3,(H,27,31)(H,28,30)/t19?,21-/m0/s1. The van der Waals surface area contributed by atoms with E-state index < -0.39 is 11.6 Å². The number of nitrogens with two attached hydrogens (primary N) is 1. The number of nitrogens with one attached hydrogen (secondary N) is 2. The highest BCUT2D eigenvalue weighted by molar-refractivity contribution is 5.94. The quantitative estimate of drug-likeness (QED) is 0.574. The van der Waals surface area contributed by atoms with Crippen molar-refractivity contribution in [3.63, 3.8) is 0 Å². The molecule has 7 nitrogen and oxygen atoms in total. The van der Waals surface area contributed by atoms with Crippen LogP contribution in [0.3, 0.4) is 0 Å². The van der Waals surface area contributed by atoms with Crippen LogP contribution in [0.25, 0.3) is 0 Å². The van der Waals surface area contributed by atoms with Crippen LogP contribution >= 0.6 is 0 Å². The van der Waals surface area contributed by atoms with Crippen LogP contribution in [0.15, 0.2) is 67.1 Å². The predicted octanol–water partition coefficient (Wildman–Crippen LogP) is 3.06. The van der Waals surface area contributed by atoms with Gasteiger partial charge in [-0.3, -0.25) is 9.59 Å². The van der Waals surface area contributed by atoms with E-state index in [2.05, 4.69) is 27.8 Å². The van der Waals surface area contributed by atoms with Crippen LogP contribution in [0.5, 0.6) is 0 Å². The molecule has 0 aliphatic heterocycles. The normalized spacial score (nSPS) is 16.4. The van der Waals surface area contributed by atoms with Crippen molar-refractivity contribution in [2.45, 2.75) is 44.3 Å². The number of hydrogen-bond donors (Lipinski definition) is 3. The Bertz CT molecular complexity index is 1090. The lowest BCUT2D eigenvalue weighted by atomic mass is 10.0. The molecule has 2 aromatic carbocycles. The number of rotatable bonds is 6. The van der Waals surface area contributed by atoms with E-state index in [1.807, 2.05) is 44.2 Å². The summed E-state index contributed by atoms with van der Waals surface area (Å²) in [4.78, 5) is 29.8. The smallest absolute Gasteiger partial charge is 0.247 e. The summed E-state index contributed by atoms with van der Waals surface area (Å²) in [5, 5.41) is 5.90. The maximum absolute atomic E-state index is 13.1. The first-order chi connectivity index (χ1) is 14.9. The molecule has 1 heterocycles. The second kappa shape index (κ2) is 8.35. The number of amides is 2. The van der Waals surface area contributed by atoms with Crippen LogP contribution < -0.4 is 16.4 Å². The van der Waals surface area contributed by atoms with Crippen molar-refractivity contribution in [2.24, 2.45) is 5.73 Å². The van der Waals surface area contributed by atoms with Gasteiger partial charge in [0.05, 0.1) is 12.4 Å². The maximum atomic E-state index is 13.1. The molecule has 0 fully saturated rings. The van der Waals surface area contributed by atoms with E-state index >= 15 is 0 Å². The largest absolute Gasteiger partial charge is 0.347 e. The number of imidazole rings is 1. The molecule has 0 bridgehead atoms. The molecule has 160 valence electrons. The summed E-state index contributed by atoms with van der Waals surface area (Å²) in [5.74, 6) is -0.116. The minimum absolute atomic E-state index is 0.00883. The average Bonchev–Trinajstić information content (AvgIpc) is 3.41. The highest BCUT2D eigenvalue weighted by atomic mass is 16.2. The topological polar surface area (TPSA) is 102 Å². The van der Waals surface area contributed by atoms with Crippen molar-refractivity contribution in [3.8, 4) is 0 Å². The molecule has 3 aromatic rings. The van der Waals surface area contributed by atoms with E-state index in [-0.39, 0.29) is 17.9 Å². The molecular formula is C24H27N5O2. The first-order valence-electron chi connectivity index (χ1n) is 10.4. The molecule has 2 atom stereocenters. The van der Waals surface area contributed by atoms with Gasteiger partial charge in [0.15, 0.2) is 5.82 Å². The van der Waals surface area contributed by atoms with E-state index in [1.54, 1.807) is 29.2 Å². The minimum Gasteiger partial charge on any atom is -0.347 e. The van der Waals surface area contributed by atoms with Crippen LogP contribution in [-0.2, 0) is 21.5 Å². The molecular weight excluding hydrogens is 390 g/mol. The van der Waals surface area contributed by atoms with E-state index in [1.165, 1.54) is 11.1 Å². The number of aromatic nitrogens is 2. The highest BCUT2D eigenvalue weighted by Crippen LogP contribution is 2.31. The maximum Gasteiger partial charge on any atom is 0.247 e.